The highest BCUT2D eigenvalue weighted by Gasteiger charge is 2.20. The average molecular weight is 243 g/mol. The summed E-state index contributed by atoms with van der Waals surface area (Å²) in [6.07, 6.45) is 6.49. The van der Waals surface area contributed by atoms with E-state index in [1.54, 1.807) is 0 Å². The van der Waals surface area contributed by atoms with Crippen LogP contribution in [0.4, 0.5) is 0 Å². The lowest BCUT2D eigenvalue weighted by molar-refractivity contribution is -0.143. The molecule has 4 nitrogen and oxygen atoms in total. The molecule has 0 aromatic carbocycles. The molecule has 0 aromatic rings. The number of rotatable bonds is 6. The summed E-state index contributed by atoms with van der Waals surface area (Å²) in [5, 5.41) is 13.2. The molecule has 2 atom stereocenters. The number of aliphatic hydroxyl groups is 1. The normalized spacial score (nSPS) is 25.3. The van der Waals surface area contributed by atoms with Crippen LogP contribution < -0.4 is 5.32 Å². The Hall–Kier alpha value is -0.610. The number of ether oxygens (including phenoxy) is 1. The number of esters is 1. The first-order chi connectivity index (χ1) is 8.24. The first-order valence-corrected chi connectivity index (χ1v) is 6.81. The lowest BCUT2D eigenvalue weighted by atomic mass is 10.1. The number of hydrogen-bond acceptors (Lipinski definition) is 4. The van der Waals surface area contributed by atoms with Gasteiger partial charge in [-0.2, -0.15) is 0 Å². The maximum Gasteiger partial charge on any atom is 0.305 e. The molecule has 1 aliphatic carbocycles. The second kappa shape index (κ2) is 8.48. The molecule has 2 N–H and O–H groups in total. The molecule has 100 valence electrons. The van der Waals surface area contributed by atoms with Gasteiger partial charge in [0.25, 0.3) is 0 Å². The molecule has 0 heterocycles. The summed E-state index contributed by atoms with van der Waals surface area (Å²) >= 11 is 0. The van der Waals surface area contributed by atoms with Gasteiger partial charge in [0.1, 0.15) is 0 Å². The van der Waals surface area contributed by atoms with E-state index in [-0.39, 0.29) is 18.1 Å². The fourth-order valence-electron chi connectivity index (χ4n) is 2.28. The molecule has 1 fully saturated rings. The summed E-state index contributed by atoms with van der Waals surface area (Å²) in [6, 6.07) is 0.208. The van der Waals surface area contributed by atoms with Gasteiger partial charge in [0, 0.05) is 12.5 Å². The van der Waals surface area contributed by atoms with Gasteiger partial charge in [0.2, 0.25) is 0 Å². The highest BCUT2D eigenvalue weighted by molar-refractivity contribution is 5.69. The largest absolute Gasteiger partial charge is 0.466 e. The predicted octanol–water partition coefficient (Wildman–Crippen LogP) is 1.61. The lowest BCUT2D eigenvalue weighted by Crippen LogP contribution is -2.39. The fraction of sp³-hybridized carbons (Fsp3) is 0.923. The summed E-state index contributed by atoms with van der Waals surface area (Å²) in [6.45, 7) is 3.05. The van der Waals surface area contributed by atoms with Gasteiger partial charge in [-0.3, -0.25) is 4.79 Å². The van der Waals surface area contributed by atoms with E-state index in [9.17, 15) is 9.90 Å². The zero-order chi connectivity index (χ0) is 12.5. The van der Waals surface area contributed by atoms with Crippen molar-refractivity contribution in [1.82, 2.24) is 5.32 Å². The minimum absolute atomic E-state index is 0.129. The van der Waals surface area contributed by atoms with E-state index in [4.69, 9.17) is 4.74 Å². The molecule has 4 heteroatoms. The SMILES string of the molecule is CCOC(=O)CCCNC1CCCCCC1O. The topological polar surface area (TPSA) is 58.6 Å². The summed E-state index contributed by atoms with van der Waals surface area (Å²) in [4.78, 5) is 11.1. The Bertz CT molecular complexity index is 221. The van der Waals surface area contributed by atoms with E-state index < -0.39 is 0 Å². The molecular weight excluding hydrogens is 218 g/mol. The van der Waals surface area contributed by atoms with Crippen molar-refractivity contribution < 1.29 is 14.6 Å². The number of nitrogens with one attached hydrogen (secondary N) is 1. The Labute approximate surface area is 104 Å². The predicted molar refractivity (Wildman–Crippen MR) is 66.7 cm³/mol. The second-order valence-electron chi connectivity index (χ2n) is 4.67. The lowest BCUT2D eigenvalue weighted by Gasteiger charge is -2.21. The van der Waals surface area contributed by atoms with Crippen LogP contribution in [0.3, 0.4) is 0 Å². The van der Waals surface area contributed by atoms with Crippen LogP contribution in [0.1, 0.15) is 51.9 Å². The van der Waals surface area contributed by atoms with Crippen LogP contribution in [0, 0.1) is 0 Å². The molecule has 1 saturated carbocycles. The quantitative estimate of drug-likeness (QED) is 0.423. The fourth-order valence-corrected chi connectivity index (χ4v) is 2.28. The number of carbonyl (C=O) groups excluding carboxylic acids is 1. The molecule has 1 aliphatic rings. The van der Waals surface area contributed by atoms with Gasteiger partial charge in [-0.15, -0.1) is 0 Å². The van der Waals surface area contributed by atoms with Crippen LogP contribution in [0.2, 0.25) is 0 Å². The molecule has 1 rings (SSSR count). The molecule has 0 radical (unpaired) electrons. The summed E-state index contributed by atoms with van der Waals surface area (Å²) in [7, 11) is 0. The molecule has 0 bridgehead atoms. The highest BCUT2D eigenvalue weighted by atomic mass is 16.5. The van der Waals surface area contributed by atoms with Crippen LogP contribution in [-0.2, 0) is 9.53 Å². The summed E-state index contributed by atoms with van der Waals surface area (Å²) in [5.74, 6) is -0.129. The Morgan fingerprint density at radius 3 is 2.88 bits per heavy atom. The molecule has 0 amide bonds. The van der Waals surface area contributed by atoms with Gasteiger partial charge < -0.3 is 15.2 Å². The van der Waals surface area contributed by atoms with E-state index in [0.29, 0.717) is 13.0 Å². The van der Waals surface area contributed by atoms with Gasteiger partial charge in [-0.1, -0.05) is 19.3 Å². The number of aliphatic hydroxyl groups excluding tert-OH is 1. The van der Waals surface area contributed by atoms with Crippen molar-refractivity contribution in [3.05, 3.63) is 0 Å². The van der Waals surface area contributed by atoms with Crippen molar-refractivity contribution in [1.29, 1.82) is 0 Å². The standard InChI is InChI=1S/C13H25NO3/c1-2-17-13(16)9-6-10-14-11-7-4-3-5-8-12(11)15/h11-12,14-15H,2-10H2,1H3. The second-order valence-corrected chi connectivity index (χ2v) is 4.67. The maximum absolute atomic E-state index is 11.1. The number of hydrogen-bond donors (Lipinski definition) is 2. The van der Waals surface area contributed by atoms with Crippen molar-refractivity contribution in [2.24, 2.45) is 0 Å². The Balaban J connectivity index is 2.10. The molecule has 0 spiro atoms. The van der Waals surface area contributed by atoms with Crippen molar-refractivity contribution >= 4 is 5.97 Å². The van der Waals surface area contributed by atoms with E-state index in [0.717, 1.165) is 32.2 Å². The van der Waals surface area contributed by atoms with Crippen LogP contribution in [0.5, 0.6) is 0 Å². The molecule has 0 aliphatic heterocycles. The molecule has 0 saturated heterocycles. The average Bonchev–Trinajstić information content (AvgIpc) is 2.50. The minimum atomic E-state index is -0.222. The Morgan fingerprint density at radius 1 is 1.35 bits per heavy atom. The van der Waals surface area contributed by atoms with Gasteiger partial charge in [0.05, 0.1) is 12.7 Å². The number of carbonyl (C=O) groups is 1. The van der Waals surface area contributed by atoms with Crippen LogP contribution in [0.25, 0.3) is 0 Å². The van der Waals surface area contributed by atoms with Crippen LogP contribution >= 0.6 is 0 Å². The van der Waals surface area contributed by atoms with Gasteiger partial charge in [0.15, 0.2) is 0 Å². The monoisotopic (exact) mass is 243 g/mol. The summed E-state index contributed by atoms with van der Waals surface area (Å²) in [5.41, 5.74) is 0. The van der Waals surface area contributed by atoms with Crippen molar-refractivity contribution in [2.45, 2.75) is 64.0 Å². The van der Waals surface area contributed by atoms with Crippen LogP contribution in [-0.4, -0.2) is 36.4 Å². The first kappa shape index (κ1) is 14.5. The molecular formula is C13H25NO3. The summed E-state index contributed by atoms with van der Waals surface area (Å²) < 4.78 is 4.86. The first-order valence-electron chi connectivity index (χ1n) is 6.81. The van der Waals surface area contributed by atoms with Gasteiger partial charge in [-0.25, -0.2) is 0 Å². The van der Waals surface area contributed by atoms with Crippen molar-refractivity contribution in [3.63, 3.8) is 0 Å². The van der Waals surface area contributed by atoms with E-state index in [2.05, 4.69) is 5.32 Å². The van der Waals surface area contributed by atoms with Crippen molar-refractivity contribution in [2.75, 3.05) is 13.2 Å². The highest BCUT2D eigenvalue weighted by Crippen LogP contribution is 2.17. The maximum atomic E-state index is 11.1. The smallest absolute Gasteiger partial charge is 0.305 e. The third-order valence-corrected chi connectivity index (χ3v) is 3.25. The van der Waals surface area contributed by atoms with Crippen molar-refractivity contribution in [3.8, 4) is 0 Å². The third-order valence-electron chi connectivity index (χ3n) is 3.25. The van der Waals surface area contributed by atoms with E-state index >= 15 is 0 Å². The van der Waals surface area contributed by atoms with E-state index in [1.807, 2.05) is 6.92 Å². The third kappa shape index (κ3) is 6.03. The minimum Gasteiger partial charge on any atom is -0.466 e. The zero-order valence-corrected chi connectivity index (χ0v) is 10.8. The Morgan fingerprint density at radius 2 is 2.12 bits per heavy atom. The van der Waals surface area contributed by atoms with Gasteiger partial charge in [-0.05, 0) is 32.7 Å². The van der Waals surface area contributed by atoms with Gasteiger partial charge >= 0.3 is 5.97 Å². The molecule has 2 unspecified atom stereocenters. The Kier molecular flexibility index (Phi) is 7.21. The molecule has 0 aromatic heterocycles. The van der Waals surface area contributed by atoms with E-state index in [1.165, 1.54) is 12.8 Å². The zero-order valence-electron chi connectivity index (χ0n) is 10.8. The molecule has 17 heavy (non-hydrogen) atoms. The van der Waals surface area contributed by atoms with Crippen LogP contribution in [0.15, 0.2) is 0 Å².